The quantitative estimate of drug-likeness (QED) is 0.589. The summed E-state index contributed by atoms with van der Waals surface area (Å²) in [7, 11) is 0. The van der Waals surface area contributed by atoms with Gasteiger partial charge in [-0.15, -0.1) is 0 Å². The monoisotopic (exact) mass is 409 g/mol. The number of hydrogen-bond donors (Lipinski definition) is 2. The number of carbonyl (C=O) groups is 3. The first kappa shape index (κ1) is 17.1. The van der Waals surface area contributed by atoms with Gasteiger partial charge in [0, 0.05) is 10.6 Å². The largest absolute Gasteiger partial charge is 0.323 e. The maximum Gasteiger partial charge on any atom is 0.323 e. The van der Waals surface area contributed by atoms with E-state index in [0.29, 0.717) is 26.3 Å². The van der Waals surface area contributed by atoms with Crippen LogP contribution in [0.2, 0.25) is 15.1 Å². The Morgan fingerprint density at radius 2 is 1.73 bits per heavy atom. The topological polar surface area (TPSA) is 78.5 Å². The Labute approximate surface area is 163 Å². The first-order valence-corrected chi connectivity index (χ1v) is 8.66. The van der Waals surface area contributed by atoms with Crippen molar-refractivity contribution in [3.05, 3.63) is 62.6 Å². The molecule has 1 fully saturated rings. The number of nitrogens with zero attached hydrogens (tertiary/aromatic N) is 1. The lowest BCUT2D eigenvalue weighted by Crippen LogP contribution is -2.52. The zero-order chi connectivity index (χ0) is 18.6. The van der Waals surface area contributed by atoms with E-state index in [1.807, 2.05) is 0 Å². The average molecular weight is 411 g/mol. The van der Waals surface area contributed by atoms with E-state index in [1.165, 1.54) is 11.0 Å². The molecular weight excluding hydrogens is 401 g/mol. The highest BCUT2D eigenvalue weighted by Gasteiger charge is 2.61. The van der Waals surface area contributed by atoms with Gasteiger partial charge in [0.15, 0.2) is 0 Å². The molecule has 2 aliphatic rings. The highest BCUT2D eigenvalue weighted by molar-refractivity contribution is 6.42. The second kappa shape index (κ2) is 5.87. The van der Waals surface area contributed by atoms with Gasteiger partial charge >= 0.3 is 6.03 Å². The molecule has 6 nitrogen and oxygen atoms in total. The number of fused-ring (bicyclic) bond motifs is 2. The van der Waals surface area contributed by atoms with E-state index in [2.05, 4.69) is 10.6 Å². The molecule has 1 spiro atoms. The van der Waals surface area contributed by atoms with Crippen LogP contribution < -0.4 is 15.5 Å². The van der Waals surface area contributed by atoms with Gasteiger partial charge in [-0.3, -0.25) is 14.9 Å². The highest BCUT2D eigenvalue weighted by atomic mass is 35.5. The first-order valence-electron chi connectivity index (χ1n) is 7.52. The van der Waals surface area contributed by atoms with E-state index in [4.69, 9.17) is 34.8 Å². The minimum Gasteiger partial charge on any atom is -0.312 e. The van der Waals surface area contributed by atoms with Gasteiger partial charge in [0.05, 0.1) is 22.3 Å². The van der Waals surface area contributed by atoms with E-state index in [-0.39, 0.29) is 6.54 Å². The van der Waals surface area contributed by atoms with E-state index < -0.39 is 23.4 Å². The molecular formula is C17H10Cl3N3O3. The predicted molar refractivity (Wildman–Crippen MR) is 97.5 cm³/mol. The summed E-state index contributed by atoms with van der Waals surface area (Å²) in [5.41, 5.74) is -0.273. The fraction of sp³-hybridized carbons (Fsp3) is 0.118. The Hall–Kier alpha value is -2.28. The van der Waals surface area contributed by atoms with Gasteiger partial charge in [0.2, 0.25) is 5.54 Å². The second-order valence-corrected chi connectivity index (χ2v) is 7.21. The molecule has 0 radical (unpaired) electrons. The highest BCUT2D eigenvalue weighted by Crippen LogP contribution is 2.44. The first-order chi connectivity index (χ1) is 12.3. The predicted octanol–water partition coefficient (Wildman–Crippen LogP) is 3.23. The third-order valence-electron chi connectivity index (χ3n) is 4.41. The molecule has 132 valence electrons. The van der Waals surface area contributed by atoms with Crippen LogP contribution in [-0.4, -0.2) is 17.8 Å². The number of rotatable bonds is 2. The minimum atomic E-state index is -1.81. The van der Waals surface area contributed by atoms with Crippen molar-refractivity contribution in [3.63, 3.8) is 0 Å². The molecule has 0 bridgehead atoms. The Morgan fingerprint density at radius 3 is 2.38 bits per heavy atom. The third-order valence-corrected chi connectivity index (χ3v) is 5.39. The molecule has 1 atom stereocenters. The van der Waals surface area contributed by atoms with Gasteiger partial charge in [0.25, 0.3) is 11.8 Å². The van der Waals surface area contributed by atoms with Crippen molar-refractivity contribution >= 4 is 58.3 Å². The molecule has 0 aliphatic carbocycles. The molecule has 1 unspecified atom stereocenters. The summed E-state index contributed by atoms with van der Waals surface area (Å²) in [6.07, 6.45) is 0. The van der Waals surface area contributed by atoms with Gasteiger partial charge in [-0.25, -0.2) is 4.79 Å². The summed E-state index contributed by atoms with van der Waals surface area (Å²) < 4.78 is 0. The molecule has 4 amide bonds. The molecule has 26 heavy (non-hydrogen) atoms. The lowest BCUT2D eigenvalue weighted by Gasteiger charge is -2.21. The summed E-state index contributed by atoms with van der Waals surface area (Å²) in [5, 5.41) is 5.68. The molecule has 1 saturated heterocycles. The molecule has 0 aromatic heterocycles. The number of carbonyl (C=O) groups excluding carboxylic acids is 3. The van der Waals surface area contributed by atoms with Gasteiger partial charge in [0.1, 0.15) is 0 Å². The number of anilines is 1. The zero-order valence-electron chi connectivity index (χ0n) is 13.0. The second-order valence-electron chi connectivity index (χ2n) is 5.96. The van der Waals surface area contributed by atoms with Crippen LogP contribution >= 0.6 is 34.8 Å². The van der Waals surface area contributed by atoms with Crippen LogP contribution in [0.1, 0.15) is 11.1 Å². The van der Waals surface area contributed by atoms with Crippen molar-refractivity contribution in [3.8, 4) is 0 Å². The summed E-state index contributed by atoms with van der Waals surface area (Å²) >= 11 is 18.0. The molecule has 4 rings (SSSR count). The lowest BCUT2D eigenvalue weighted by atomic mass is 9.91. The van der Waals surface area contributed by atoms with Gasteiger partial charge in [-0.1, -0.05) is 40.9 Å². The fourth-order valence-electron chi connectivity index (χ4n) is 3.24. The molecule has 0 saturated carbocycles. The molecule has 2 aliphatic heterocycles. The average Bonchev–Trinajstić information content (AvgIpc) is 3.01. The number of benzene rings is 2. The standard InChI is InChI=1S/C17H10Cl3N3O3/c18-9-2-4-13-10(6-9)17(14(24)21-16(26)22-17)15(25)23(13)7-8-1-3-11(19)12(20)5-8/h1-6H,7H2,(H2,21,22,24,26). The number of nitrogens with one attached hydrogen (secondary N) is 2. The minimum absolute atomic E-state index is 0.148. The summed E-state index contributed by atoms with van der Waals surface area (Å²) in [5.74, 6) is -1.29. The van der Waals surface area contributed by atoms with Crippen molar-refractivity contribution in [1.29, 1.82) is 0 Å². The molecule has 9 heteroatoms. The van der Waals surface area contributed by atoms with Crippen molar-refractivity contribution < 1.29 is 14.4 Å². The fourth-order valence-corrected chi connectivity index (χ4v) is 3.74. The Morgan fingerprint density at radius 1 is 0.962 bits per heavy atom. The van der Waals surface area contributed by atoms with E-state index in [9.17, 15) is 14.4 Å². The molecule has 2 aromatic rings. The van der Waals surface area contributed by atoms with E-state index >= 15 is 0 Å². The normalized spacial score (nSPS) is 21.2. The Bertz CT molecular complexity index is 994. The third kappa shape index (κ3) is 2.37. The van der Waals surface area contributed by atoms with Crippen LogP contribution in [0.15, 0.2) is 36.4 Å². The van der Waals surface area contributed by atoms with Crippen LogP contribution in [0.5, 0.6) is 0 Å². The maximum absolute atomic E-state index is 13.2. The SMILES string of the molecule is O=C1NC(=O)C2(N1)C(=O)N(Cc1ccc(Cl)c(Cl)c1)c1ccc(Cl)cc12. The van der Waals surface area contributed by atoms with Gasteiger partial charge in [-0.2, -0.15) is 0 Å². The molecule has 2 heterocycles. The van der Waals surface area contributed by atoms with E-state index in [1.54, 1.807) is 30.3 Å². The lowest BCUT2D eigenvalue weighted by molar-refractivity contribution is -0.134. The van der Waals surface area contributed by atoms with Crippen molar-refractivity contribution in [2.24, 2.45) is 0 Å². The van der Waals surface area contributed by atoms with Crippen molar-refractivity contribution in [2.45, 2.75) is 12.1 Å². The van der Waals surface area contributed by atoms with E-state index in [0.717, 1.165) is 5.56 Å². The molecule has 2 aromatic carbocycles. The Balaban J connectivity index is 1.82. The number of imide groups is 1. The van der Waals surface area contributed by atoms with Crippen LogP contribution in [0, 0.1) is 0 Å². The van der Waals surface area contributed by atoms with Crippen LogP contribution in [0.25, 0.3) is 0 Å². The summed E-state index contributed by atoms with van der Waals surface area (Å²) in [6.45, 7) is 0.148. The molecule has 2 N–H and O–H groups in total. The summed E-state index contributed by atoms with van der Waals surface area (Å²) in [6, 6.07) is 9.03. The number of hydrogen-bond acceptors (Lipinski definition) is 3. The zero-order valence-corrected chi connectivity index (χ0v) is 15.2. The van der Waals surface area contributed by atoms with Crippen LogP contribution in [0.3, 0.4) is 0 Å². The number of halogens is 3. The van der Waals surface area contributed by atoms with Crippen molar-refractivity contribution in [2.75, 3.05) is 4.90 Å². The van der Waals surface area contributed by atoms with Crippen LogP contribution in [0.4, 0.5) is 10.5 Å². The smallest absolute Gasteiger partial charge is 0.312 e. The van der Waals surface area contributed by atoms with Crippen LogP contribution in [-0.2, 0) is 21.7 Å². The maximum atomic E-state index is 13.2. The van der Waals surface area contributed by atoms with Gasteiger partial charge < -0.3 is 10.2 Å². The van der Waals surface area contributed by atoms with Gasteiger partial charge in [-0.05, 0) is 35.9 Å². The summed E-state index contributed by atoms with van der Waals surface area (Å²) in [4.78, 5) is 38.8. The number of urea groups is 1. The van der Waals surface area contributed by atoms with Crippen molar-refractivity contribution in [1.82, 2.24) is 10.6 Å². The Kier molecular flexibility index (Phi) is 3.87. The number of amides is 4.